The van der Waals surface area contributed by atoms with Gasteiger partial charge in [-0.05, 0) is 32.9 Å². The lowest BCUT2D eigenvalue weighted by atomic mass is 10.3. The average molecular weight is 382 g/mol. The van der Waals surface area contributed by atoms with Crippen molar-refractivity contribution in [1.82, 2.24) is 19.7 Å². The number of nitro benzene ring substituents is 1. The van der Waals surface area contributed by atoms with Crippen molar-refractivity contribution >= 4 is 17.4 Å². The number of anilines is 1. The molecule has 0 aliphatic carbocycles. The van der Waals surface area contributed by atoms with Crippen molar-refractivity contribution in [3.63, 3.8) is 0 Å². The highest BCUT2D eigenvalue weighted by Gasteiger charge is 2.14. The van der Waals surface area contributed by atoms with Crippen LogP contribution in [0.3, 0.4) is 0 Å². The Morgan fingerprint density at radius 1 is 1.14 bits per heavy atom. The highest BCUT2D eigenvalue weighted by Crippen LogP contribution is 2.19. The molecule has 0 atom stereocenters. The topological polar surface area (TPSA) is 125 Å². The number of hydrogen-bond acceptors (Lipinski definition) is 7. The normalized spacial score (nSPS) is 10.5. The fraction of sp³-hybridized carbons (Fsp3) is 0.222. The Morgan fingerprint density at radius 2 is 1.86 bits per heavy atom. The van der Waals surface area contributed by atoms with Crippen LogP contribution in [0.25, 0.3) is 5.95 Å². The Balaban J connectivity index is 1.73. The summed E-state index contributed by atoms with van der Waals surface area (Å²) in [6, 6.07) is 9.15. The summed E-state index contributed by atoms with van der Waals surface area (Å²) in [6.45, 7) is 5.16. The number of carbonyl (C=O) groups excluding carboxylic acids is 1. The predicted molar refractivity (Wildman–Crippen MR) is 101 cm³/mol. The molecule has 0 radical (unpaired) electrons. The number of amides is 1. The number of aryl methyl sites for hydroxylation is 3. The molecule has 10 heteroatoms. The SMILES string of the molecule is Cc1cc(C)nc(-n2nc(C)cc2NC(=O)COc2cccc([N+](=O)[O-])c2)n1. The van der Waals surface area contributed by atoms with Crippen LogP contribution in [0, 0.1) is 30.9 Å². The van der Waals surface area contributed by atoms with Crippen molar-refractivity contribution in [3.8, 4) is 11.7 Å². The number of nitro groups is 1. The van der Waals surface area contributed by atoms with Gasteiger partial charge in [-0.2, -0.15) is 9.78 Å². The average Bonchev–Trinajstić information content (AvgIpc) is 2.99. The maximum atomic E-state index is 12.3. The van der Waals surface area contributed by atoms with Gasteiger partial charge in [-0.25, -0.2) is 9.97 Å². The van der Waals surface area contributed by atoms with E-state index in [1.165, 1.54) is 28.9 Å². The molecule has 1 N–H and O–H groups in total. The van der Waals surface area contributed by atoms with Gasteiger partial charge in [0.15, 0.2) is 6.61 Å². The minimum atomic E-state index is -0.530. The second-order valence-electron chi connectivity index (χ2n) is 6.12. The quantitative estimate of drug-likeness (QED) is 0.513. The highest BCUT2D eigenvalue weighted by molar-refractivity contribution is 5.91. The summed E-state index contributed by atoms with van der Waals surface area (Å²) < 4.78 is 6.79. The minimum absolute atomic E-state index is 0.112. The summed E-state index contributed by atoms with van der Waals surface area (Å²) in [6.07, 6.45) is 0. The molecular formula is C18H18N6O4. The van der Waals surface area contributed by atoms with Crippen LogP contribution in [0.5, 0.6) is 5.75 Å². The van der Waals surface area contributed by atoms with Gasteiger partial charge >= 0.3 is 0 Å². The number of rotatable bonds is 6. The van der Waals surface area contributed by atoms with Crippen LogP contribution in [-0.2, 0) is 4.79 Å². The summed E-state index contributed by atoms with van der Waals surface area (Å²) in [5, 5.41) is 17.8. The van der Waals surface area contributed by atoms with Gasteiger partial charge in [0.1, 0.15) is 11.6 Å². The molecule has 2 aromatic heterocycles. The van der Waals surface area contributed by atoms with Gasteiger partial charge in [-0.15, -0.1) is 0 Å². The summed E-state index contributed by atoms with van der Waals surface area (Å²) in [5.41, 5.74) is 2.13. The van der Waals surface area contributed by atoms with Gasteiger partial charge in [0.05, 0.1) is 16.7 Å². The van der Waals surface area contributed by atoms with Crippen molar-refractivity contribution in [3.05, 3.63) is 63.6 Å². The lowest BCUT2D eigenvalue weighted by Crippen LogP contribution is -2.22. The van der Waals surface area contributed by atoms with Gasteiger partial charge in [0.25, 0.3) is 17.5 Å². The van der Waals surface area contributed by atoms with E-state index < -0.39 is 10.8 Å². The van der Waals surface area contributed by atoms with Gasteiger partial charge < -0.3 is 10.1 Å². The molecule has 2 heterocycles. The van der Waals surface area contributed by atoms with Gasteiger partial charge in [-0.1, -0.05) is 6.07 Å². The molecule has 3 aromatic rings. The molecule has 0 aliphatic rings. The Bertz CT molecular complexity index is 1030. The third-order valence-corrected chi connectivity index (χ3v) is 3.66. The molecule has 144 valence electrons. The van der Waals surface area contributed by atoms with Crippen LogP contribution in [0.1, 0.15) is 17.1 Å². The minimum Gasteiger partial charge on any atom is -0.484 e. The van der Waals surface area contributed by atoms with E-state index in [1.807, 2.05) is 19.9 Å². The first-order chi connectivity index (χ1) is 13.3. The summed E-state index contributed by atoms with van der Waals surface area (Å²) >= 11 is 0. The smallest absolute Gasteiger partial charge is 0.273 e. The maximum Gasteiger partial charge on any atom is 0.273 e. The molecule has 1 aromatic carbocycles. The highest BCUT2D eigenvalue weighted by atomic mass is 16.6. The van der Waals surface area contributed by atoms with E-state index >= 15 is 0 Å². The molecule has 0 spiro atoms. The number of hydrogen-bond donors (Lipinski definition) is 1. The van der Waals surface area contributed by atoms with Crippen molar-refractivity contribution in [1.29, 1.82) is 0 Å². The van der Waals surface area contributed by atoms with Crippen LogP contribution in [0.15, 0.2) is 36.4 Å². The Labute approximate surface area is 160 Å². The molecule has 28 heavy (non-hydrogen) atoms. The standard InChI is InChI=1S/C18H18N6O4/c1-11-7-12(2)20-18(19-11)23-16(8-13(3)22-23)21-17(25)10-28-15-6-4-5-14(9-15)24(26)27/h4-9H,10H2,1-3H3,(H,21,25). The van der Waals surface area contributed by atoms with Crippen LogP contribution >= 0.6 is 0 Å². The van der Waals surface area contributed by atoms with Crippen molar-refractivity contribution < 1.29 is 14.5 Å². The maximum absolute atomic E-state index is 12.3. The lowest BCUT2D eigenvalue weighted by Gasteiger charge is -2.09. The first kappa shape index (κ1) is 19.0. The zero-order chi connectivity index (χ0) is 20.3. The number of benzene rings is 1. The van der Waals surface area contributed by atoms with Gasteiger partial charge in [0.2, 0.25) is 0 Å². The molecule has 10 nitrogen and oxygen atoms in total. The summed E-state index contributed by atoms with van der Waals surface area (Å²) in [5.74, 6) is 0.527. The van der Waals surface area contributed by atoms with Crippen LogP contribution in [0.2, 0.25) is 0 Å². The molecule has 0 aliphatic heterocycles. The van der Waals surface area contributed by atoms with E-state index in [0.29, 0.717) is 17.5 Å². The first-order valence-corrected chi connectivity index (χ1v) is 8.38. The van der Waals surface area contributed by atoms with Crippen LogP contribution in [0.4, 0.5) is 11.5 Å². The van der Waals surface area contributed by atoms with E-state index in [4.69, 9.17) is 4.74 Å². The largest absolute Gasteiger partial charge is 0.484 e. The van der Waals surface area contributed by atoms with Crippen LogP contribution in [-0.4, -0.2) is 37.2 Å². The van der Waals surface area contributed by atoms with Crippen molar-refractivity contribution in [2.45, 2.75) is 20.8 Å². The molecule has 0 fully saturated rings. The molecular weight excluding hydrogens is 364 g/mol. The number of nitrogens with zero attached hydrogens (tertiary/aromatic N) is 5. The van der Waals surface area contributed by atoms with E-state index in [0.717, 1.165) is 11.4 Å². The van der Waals surface area contributed by atoms with E-state index in [1.54, 1.807) is 13.0 Å². The molecule has 0 saturated heterocycles. The fourth-order valence-electron chi connectivity index (χ4n) is 2.56. The summed E-state index contributed by atoms with van der Waals surface area (Å²) in [4.78, 5) is 31.3. The second-order valence-corrected chi connectivity index (χ2v) is 6.12. The third kappa shape index (κ3) is 4.47. The Morgan fingerprint density at radius 3 is 2.54 bits per heavy atom. The van der Waals surface area contributed by atoms with Gasteiger partial charge in [0, 0.05) is 23.5 Å². The molecule has 0 unspecified atom stereocenters. The van der Waals surface area contributed by atoms with E-state index in [2.05, 4.69) is 20.4 Å². The number of carbonyl (C=O) groups is 1. The predicted octanol–water partition coefficient (Wildman–Crippen LogP) is 2.51. The van der Waals surface area contributed by atoms with Crippen molar-refractivity contribution in [2.75, 3.05) is 11.9 Å². The van der Waals surface area contributed by atoms with Crippen molar-refractivity contribution in [2.24, 2.45) is 0 Å². The molecule has 3 rings (SSSR count). The molecule has 0 saturated carbocycles. The zero-order valence-electron chi connectivity index (χ0n) is 15.5. The molecule has 0 bridgehead atoms. The Kier molecular flexibility index (Phi) is 5.30. The van der Waals surface area contributed by atoms with Gasteiger partial charge in [-0.3, -0.25) is 14.9 Å². The fourth-order valence-corrected chi connectivity index (χ4v) is 2.56. The zero-order valence-corrected chi connectivity index (χ0v) is 15.5. The Hall–Kier alpha value is -3.82. The number of nitrogens with one attached hydrogen (secondary N) is 1. The third-order valence-electron chi connectivity index (χ3n) is 3.66. The van der Waals surface area contributed by atoms with Crippen LogP contribution < -0.4 is 10.1 Å². The second kappa shape index (κ2) is 7.82. The molecule has 1 amide bonds. The number of ether oxygens (including phenoxy) is 1. The monoisotopic (exact) mass is 382 g/mol. The van der Waals surface area contributed by atoms with E-state index in [9.17, 15) is 14.9 Å². The lowest BCUT2D eigenvalue weighted by molar-refractivity contribution is -0.384. The first-order valence-electron chi connectivity index (χ1n) is 8.38. The van der Waals surface area contributed by atoms with E-state index in [-0.39, 0.29) is 18.0 Å². The summed E-state index contributed by atoms with van der Waals surface area (Å²) in [7, 11) is 0. The number of aromatic nitrogens is 4. The number of non-ortho nitro benzene ring substituents is 1.